The van der Waals surface area contributed by atoms with Gasteiger partial charge in [0.1, 0.15) is 5.82 Å². The molecule has 0 aliphatic carbocycles. The first kappa shape index (κ1) is 14.3. The predicted octanol–water partition coefficient (Wildman–Crippen LogP) is 1.59. The van der Waals surface area contributed by atoms with Gasteiger partial charge in [-0.05, 0) is 24.1 Å². The SMILES string of the molecule is CC(C)c1nc(C(N)Cc2ccc(O)c(O)c2)n(C)n1. The van der Waals surface area contributed by atoms with Gasteiger partial charge in [0.05, 0.1) is 6.04 Å². The Morgan fingerprint density at radius 2 is 1.95 bits per heavy atom. The van der Waals surface area contributed by atoms with Crippen molar-refractivity contribution in [1.82, 2.24) is 14.8 Å². The zero-order valence-corrected chi connectivity index (χ0v) is 11.9. The van der Waals surface area contributed by atoms with Crippen LogP contribution in [0.3, 0.4) is 0 Å². The molecule has 0 bridgehead atoms. The summed E-state index contributed by atoms with van der Waals surface area (Å²) in [6.45, 7) is 4.06. The maximum absolute atomic E-state index is 9.49. The summed E-state index contributed by atoms with van der Waals surface area (Å²) in [4.78, 5) is 4.46. The highest BCUT2D eigenvalue weighted by Gasteiger charge is 2.17. The zero-order chi connectivity index (χ0) is 14.9. The number of phenolic OH excluding ortho intramolecular Hbond substituents is 2. The lowest BCUT2D eigenvalue weighted by atomic mass is 10.1. The molecule has 4 N–H and O–H groups in total. The average Bonchev–Trinajstić information content (AvgIpc) is 2.76. The number of aryl methyl sites for hydroxylation is 1. The summed E-state index contributed by atoms with van der Waals surface area (Å²) in [6.07, 6.45) is 0.512. The van der Waals surface area contributed by atoms with Crippen LogP contribution in [0.25, 0.3) is 0 Å². The fourth-order valence-electron chi connectivity index (χ4n) is 2.03. The number of nitrogens with zero attached hydrogens (tertiary/aromatic N) is 3. The van der Waals surface area contributed by atoms with Crippen molar-refractivity contribution >= 4 is 0 Å². The minimum absolute atomic E-state index is 0.136. The van der Waals surface area contributed by atoms with Gasteiger partial charge in [-0.25, -0.2) is 4.98 Å². The van der Waals surface area contributed by atoms with E-state index < -0.39 is 0 Å². The molecule has 1 aromatic carbocycles. The highest BCUT2D eigenvalue weighted by molar-refractivity contribution is 5.40. The summed E-state index contributed by atoms with van der Waals surface area (Å²) in [5, 5.41) is 23.1. The van der Waals surface area contributed by atoms with Gasteiger partial charge in [0.25, 0.3) is 0 Å². The van der Waals surface area contributed by atoms with Crippen LogP contribution in [0, 0.1) is 0 Å². The molecule has 1 atom stereocenters. The Labute approximate surface area is 117 Å². The molecule has 0 saturated heterocycles. The normalized spacial score (nSPS) is 12.8. The van der Waals surface area contributed by atoms with Gasteiger partial charge < -0.3 is 15.9 Å². The van der Waals surface area contributed by atoms with Crippen molar-refractivity contribution in [2.24, 2.45) is 12.8 Å². The molecule has 2 rings (SSSR count). The Hall–Kier alpha value is -2.08. The topological polar surface area (TPSA) is 97.2 Å². The first-order valence-electron chi connectivity index (χ1n) is 6.55. The number of benzene rings is 1. The molecule has 108 valence electrons. The number of aromatic nitrogens is 3. The monoisotopic (exact) mass is 276 g/mol. The average molecular weight is 276 g/mol. The predicted molar refractivity (Wildman–Crippen MR) is 75.5 cm³/mol. The summed E-state index contributed by atoms with van der Waals surface area (Å²) in [7, 11) is 1.82. The number of aromatic hydroxyl groups is 2. The van der Waals surface area contributed by atoms with Crippen molar-refractivity contribution in [3.05, 3.63) is 35.4 Å². The second-order valence-electron chi connectivity index (χ2n) is 5.24. The van der Waals surface area contributed by atoms with Gasteiger partial charge in [0, 0.05) is 13.0 Å². The van der Waals surface area contributed by atoms with E-state index in [1.54, 1.807) is 10.7 Å². The van der Waals surface area contributed by atoms with Gasteiger partial charge in [-0.1, -0.05) is 19.9 Å². The smallest absolute Gasteiger partial charge is 0.157 e. The van der Waals surface area contributed by atoms with Crippen LogP contribution in [0.5, 0.6) is 11.5 Å². The van der Waals surface area contributed by atoms with Crippen LogP contribution in [0.15, 0.2) is 18.2 Å². The summed E-state index contributed by atoms with van der Waals surface area (Å²) in [6, 6.07) is 4.38. The molecule has 0 fully saturated rings. The van der Waals surface area contributed by atoms with Gasteiger partial charge in [-0.2, -0.15) is 5.10 Å². The third kappa shape index (κ3) is 2.91. The van der Waals surface area contributed by atoms with Crippen LogP contribution >= 0.6 is 0 Å². The van der Waals surface area contributed by atoms with Crippen molar-refractivity contribution in [3.63, 3.8) is 0 Å². The van der Waals surface area contributed by atoms with Crippen molar-refractivity contribution in [2.75, 3.05) is 0 Å². The molecule has 1 aromatic heterocycles. The molecule has 1 unspecified atom stereocenters. The summed E-state index contributed by atoms with van der Waals surface area (Å²) in [5.41, 5.74) is 7.00. The molecule has 0 aliphatic heterocycles. The third-order valence-electron chi connectivity index (χ3n) is 3.16. The van der Waals surface area contributed by atoms with Crippen LogP contribution in [-0.2, 0) is 13.5 Å². The fraction of sp³-hybridized carbons (Fsp3) is 0.429. The van der Waals surface area contributed by atoms with Crippen LogP contribution < -0.4 is 5.73 Å². The second kappa shape index (κ2) is 5.50. The number of hydrogen-bond acceptors (Lipinski definition) is 5. The van der Waals surface area contributed by atoms with Crippen LogP contribution in [0.4, 0.5) is 0 Å². The molecular formula is C14H20N4O2. The van der Waals surface area contributed by atoms with E-state index in [2.05, 4.69) is 10.1 Å². The standard InChI is InChI=1S/C14H20N4O2/c1-8(2)13-16-14(18(3)17-13)10(15)6-9-4-5-11(19)12(20)7-9/h4-5,7-8,10,19-20H,6,15H2,1-3H3. The summed E-state index contributed by atoms with van der Waals surface area (Å²) in [5.74, 6) is 1.45. The van der Waals surface area contributed by atoms with Gasteiger partial charge in [0.2, 0.25) is 0 Å². The van der Waals surface area contributed by atoms with Gasteiger partial charge in [0.15, 0.2) is 17.3 Å². The number of nitrogens with two attached hydrogens (primary N) is 1. The van der Waals surface area contributed by atoms with E-state index in [0.717, 1.165) is 11.4 Å². The third-order valence-corrected chi connectivity index (χ3v) is 3.16. The largest absolute Gasteiger partial charge is 0.504 e. The van der Waals surface area contributed by atoms with E-state index in [1.165, 1.54) is 12.1 Å². The lowest BCUT2D eigenvalue weighted by Crippen LogP contribution is -2.18. The Kier molecular flexibility index (Phi) is 3.94. The number of rotatable bonds is 4. The lowest BCUT2D eigenvalue weighted by Gasteiger charge is -2.11. The lowest BCUT2D eigenvalue weighted by molar-refractivity contribution is 0.403. The van der Waals surface area contributed by atoms with E-state index in [4.69, 9.17) is 5.73 Å². The van der Waals surface area contributed by atoms with Crippen molar-refractivity contribution in [3.8, 4) is 11.5 Å². The minimum atomic E-state index is -0.316. The Bertz CT molecular complexity index is 607. The van der Waals surface area contributed by atoms with E-state index >= 15 is 0 Å². The van der Waals surface area contributed by atoms with Gasteiger partial charge >= 0.3 is 0 Å². The Morgan fingerprint density at radius 1 is 1.25 bits per heavy atom. The van der Waals surface area contributed by atoms with Gasteiger partial charge in [-0.15, -0.1) is 0 Å². The number of phenols is 2. The van der Waals surface area contributed by atoms with E-state index in [9.17, 15) is 10.2 Å². The maximum atomic E-state index is 9.49. The molecule has 0 aliphatic rings. The summed E-state index contributed by atoms with van der Waals surface area (Å²) < 4.78 is 1.69. The first-order chi connectivity index (χ1) is 9.38. The molecule has 20 heavy (non-hydrogen) atoms. The quantitative estimate of drug-likeness (QED) is 0.737. The minimum Gasteiger partial charge on any atom is -0.504 e. The number of hydrogen-bond donors (Lipinski definition) is 3. The van der Waals surface area contributed by atoms with Crippen molar-refractivity contribution < 1.29 is 10.2 Å². The maximum Gasteiger partial charge on any atom is 0.157 e. The molecular weight excluding hydrogens is 256 g/mol. The highest BCUT2D eigenvalue weighted by Crippen LogP contribution is 2.26. The van der Waals surface area contributed by atoms with Crippen LogP contribution in [0.2, 0.25) is 0 Å². The molecule has 1 heterocycles. The highest BCUT2D eigenvalue weighted by atomic mass is 16.3. The van der Waals surface area contributed by atoms with Crippen LogP contribution in [0.1, 0.15) is 43.0 Å². The zero-order valence-electron chi connectivity index (χ0n) is 11.9. The molecule has 0 spiro atoms. The summed E-state index contributed by atoms with van der Waals surface area (Å²) >= 11 is 0. The Morgan fingerprint density at radius 3 is 2.50 bits per heavy atom. The van der Waals surface area contributed by atoms with E-state index in [0.29, 0.717) is 12.2 Å². The van der Waals surface area contributed by atoms with Crippen molar-refractivity contribution in [2.45, 2.75) is 32.2 Å². The van der Waals surface area contributed by atoms with Crippen molar-refractivity contribution in [1.29, 1.82) is 0 Å². The molecule has 0 amide bonds. The fourth-order valence-corrected chi connectivity index (χ4v) is 2.03. The molecule has 0 saturated carbocycles. The Balaban J connectivity index is 2.19. The van der Waals surface area contributed by atoms with Gasteiger partial charge in [-0.3, -0.25) is 4.68 Å². The molecule has 0 radical (unpaired) electrons. The van der Waals surface area contributed by atoms with E-state index in [-0.39, 0.29) is 23.5 Å². The second-order valence-corrected chi connectivity index (χ2v) is 5.24. The molecule has 6 heteroatoms. The van der Waals surface area contributed by atoms with E-state index in [1.807, 2.05) is 20.9 Å². The first-order valence-corrected chi connectivity index (χ1v) is 6.55. The molecule has 2 aromatic rings. The molecule has 6 nitrogen and oxygen atoms in total. The van der Waals surface area contributed by atoms with Crippen LogP contribution in [-0.4, -0.2) is 25.0 Å².